The highest BCUT2D eigenvalue weighted by molar-refractivity contribution is 7.98. The van der Waals surface area contributed by atoms with Crippen LogP contribution in [0.2, 0.25) is 0 Å². The summed E-state index contributed by atoms with van der Waals surface area (Å²) in [6, 6.07) is 21.6. The highest BCUT2D eigenvalue weighted by Crippen LogP contribution is 2.27. The van der Waals surface area contributed by atoms with Crippen molar-refractivity contribution >= 4 is 45.7 Å². The van der Waals surface area contributed by atoms with Crippen LogP contribution < -0.4 is 0 Å². The molecule has 0 spiro atoms. The third kappa shape index (κ3) is 3.76. The number of oxazole rings is 2. The second-order valence-electron chi connectivity index (χ2n) is 6.09. The summed E-state index contributed by atoms with van der Waals surface area (Å²) in [5.41, 5.74) is 5.34. The minimum atomic E-state index is 0.661. The molecule has 0 unspecified atom stereocenters. The lowest BCUT2D eigenvalue weighted by molar-refractivity contribution is 0.489. The van der Waals surface area contributed by atoms with E-state index >= 15 is 0 Å². The fourth-order valence-corrected chi connectivity index (χ4v) is 4.27. The topological polar surface area (TPSA) is 65.0 Å². The van der Waals surface area contributed by atoms with E-state index in [0.717, 1.165) is 33.6 Å². The summed E-state index contributed by atoms with van der Waals surface area (Å²) in [6.45, 7) is 0. The van der Waals surface area contributed by atoms with Gasteiger partial charge < -0.3 is 8.83 Å². The highest BCUT2D eigenvalue weighted by atomic mass is 32.2. The Bertz CT molecular complexity index is 1090. The zero-order valence-electron chi connectivity index (χ0n) is 14.7. The molecule has 0 atom stereocenters. The Morgan fingerprint density at radius 2 is 1.07 bits per heavy atom. The summed E-state index contributed by atoms with van der Waals surface area (Å²) in [5.74, 6) is 1.41. The molecule has 5 rings (SSSR count). The van der Waals surface area contributed by atoms with Crippen molar-refractivity contribution < 1.29 is 8.83 Å². The lowest BCUT2D eigenvalue weighted by Crippen LogP contribution is -1.92. The molecule has 0 aliphatic carbocycles. The van der Waals surface area contributed by atoms with Gasteiger partial charge in [0.1, 0.15) is 11.0 Å². The van der Waals surface area contributed by atoms with Crippen LogP contribution in [-0.2, 0) is 11.5 Å². The molecule has 0 fully saturated rings. The molecule has 0 N–H and O–H groups in total. The fourth-order valence-electron chi connectivity index (χ4n) is 2.79. The summed E-state index contributed by atoms with van der Waals surface area (Å²) in [4.78, 5) is 13.7. The molecule has 0 bridgehead atoms. The fraction of sp³-hybridized carbons (Fsp3) is 0.0952. The molecule has 5 aromatic rings. The minimum absolute atomic E-state index is 0.661. The zero-order chi connectivity index (χ0) is 18.8. The van der Waals surface area contributed by atoms with Gasteiger partial charge in [-0.2, -0.15) is 0 Å². The molecule has 3 aromatic heterocycles. The van der Waals surface area contributed by atoms with Crippen LogP contribution in [-0.4, -0.2) is 15.0 Å². The number of nitrogens with zero attached hydrogens (tertiary/aromatic N) is 3. The van der Waals surface area contributed by atoms with E-state index in [1.165, 1.54) is 0 Å². The van der Waals surface area contributed by atoms with Gasteiger partial charge in [0, 0.05) is 11.5 Å². The first-order valence-electron chi connectivity index (χ1n) is 8.75. The Morgan fingerprint density at radius 1 is 0.571 bits per heavy atom. The molecule has 138 valence electrons. The van der Waals surface area contributed by atoms with Crippen LogP contribution in [0.1, 0.15) is 11.4 Å². The van der Waals surface area contributed by atoms with Gasteiger partial charge in [0.05, 0.1) is 11.4 Å². The van der Waals surface area contributed by atoms with Gasteiger partial charge in [0.2, 0.25) is 0 Å². The van der Waals surface area contributed by atoms with Crippen molar-refractivity contribution in [3.8, 4) is 0 Å². The lowest BCUT2D eigenvalue weighted by atomic mass is 10.3. The standard InChI is InChI=1S/C21H15N3O2S2/c1-3-10-18-16(8-1)23-20(25-18)27-12-14-6-5-7-15(22-14)13-28-21-24-17-9-2-4-11-19(17)26-21/h1-11H,12-13H2. The van der Waals surface area contributed by atoms with Crippen molar-refractivity contribution in [3.63, 3.8) is 0 Å². The molecular formula is C21H15N3O2S2. The molecular weight excluding hydrogens is 390 g/mol. The highest BCUT2D eigenvalue weighted by Gasteiger charge is 2.09. The monoisotopic (exact) mass is 405 g/mol. The number of hydrogen-bond acceptors (Lipinski definition) is 7. The molecule has 0 saturated heterocycles. The third-order valence-electron chi connectivity index (χ3n) is 4.10. The number of pyridine rings is 1. The van der Waals surface area contributed by atoms with Crippen LogP contribution in [0.15, 0.2) is 86.0 Å². The maximum absolute atomic E-state index is 5.75. The third-order valence-corrected chi connectivity index (χ3v) is 5.82. The van der Waals surface area contributed by atoms with Crippen LogP contribution in [0.25, 0.3) is 22.2 Å². The Hall–Kier alpha value is -2.77. The molecule has 0 aliphatic heterocycles. The number of para-hydroxylation sites is 4. The van der Waals surface area contributed by atoms with Crippen LogP contribution in [0.5, 0.6) is 0 Å². The Labute approximate surface area is 169 Å². The van der Waals surface area contributed by atoms with E-state index in [-0.39, 0.29) is 0 Å². The van der Waals surface area contributed by atoms with Crippen molar-refractivity contribution in [3.05, 3.63) is 78.1 Å². The molecule has 2 aromatic carbocycles. The normalized spacial score (nSPS) is 11.4. The Kier molecular flexibility index (Phi) is 4.76. The first-order valence-corrected chi connectivity index (χ1v) is 10.7. The van der Waals surface area contributed by atoms with Gasteiger partial charge in [0.25, 0.3) is 10.4 Å². The van der Waals surface area contributed by atoms with Crippen molar-refractivity contribution in [2.75, 3.05) is 0 Å². The summed E-state index contributed by atoms with van der Waals surface area (Å²) in [7, 11) is 0. The van der Waals surface area contributed by atoms with E-state index in [4.69, 9.17) is 13.8 Å². The van der Waals surface area contributed by atoms with Gasteiger partial charge >= 0.3 is 0 Å². The minimum Gasteiger partial charge on any atom is -0.431 e. The van der Waals surface area contributed by atoms with E-state index in [2.05, 4.69) is 9.97 Å². The maximum Gasteiger partial charge on any atom is 0.257 e. The summed E-state index contributed by atoms with van der Waals surface area (Å²) in [6.07, 6.45) is 0. The maximum atomic E-state index is 5.75. The zero-order valence-corrected chi connectivity index (χ0v) is 16.4. The van der Waals surface area contributed by atoms with E-state index in [1.54, 1.807) is 23.5 Å². The second-order valence-corrected chi connectivity index (χ2v) is 7.95. The summed E-state index contributed by atoms with van der Waals surface area (Å²) < 4.78 is 11.5. The summed E-state index contributed by atoms with van der Waals surface area (Å²) in [5, 5.41) is 1.32. The molecule has 3 heterocycles. The quantitative estimate of drug-likeness (QED) is 0.323. The number of thioether (sulfide) groups is 2. The Balaban J connectivity index is 1.24. The van der Waals surface area contributed by atoms with Gasteiger partial charge in [-0.05, 0) is 36.4 Å². The van der Waals surface area contributed by atoms with E-state index in [9.17, 15) is 0 Å². The average molecular weight is 406 g/mol. The van der Waals surface area contributed by atoms with E-state index in [0.29, 0.717) is 22.0 Å². The van der Waals surface area contributed by atoms with Gasteiger partial charge in [-0.1, -0.05) is 53.9 Å². The van der Waals surface area contributed by atoms with E-state index in [1.807, 2.05) is 66.7 Å². The van der Waals surface area contributed by atoms with Crippen LogP contribution >= 0.6 is 23.5 Å². The van der Waals surface area contributed by atoms with Gasteiger partial charge in [-0.3, -0.25) is 4.98 Å². The first kappa shape index (κ1) is 17.3. The molecule has 0 saturated carbocycles. The van der Waals surface area contributed by atoms with Crippen molar-refractivity contribution in [2.45, 2.75) is 22.0 Å². The molecule has 0 amide bonds. The predicted octanol–water partition coefficient (Wildman–Crippen LogP) is 5.95. The summed E-state index contributed by atoms with van der Waals surface area (Å²) >= 11 is 3.09. The smallest absolute Gasteiger partial charge is 0.257 e. The van der Waals surface area contributed by atoms with E-state index < -0.39 is 0 Å². The Morgan fingerprint density at radius 3 is 1.57 bits per heavy atom. The van der Waals surface area contributed by atoms with Crippen molar-refractivity contribution in [1.82, 2.24) is 15.0 Å². The average Bonchev–Trinajstić information content (AvgIpc) is 3.34. The lowest BCUT2D eigenvalue weighted by Gasteiger charge is -2.02. The molecule has 28 heavy (non-hydrogen) atoms. The number of fused-ring (bicyclic) bond motifs is 2. The first-order chi connectivity index (χ1) is 13.8. The van der Waals surface area contributed by atoms with Crippen LogP contribution in [0.3, 0.4) is 0 Å². The molecule has 5 nitrogen and oxygen atoms in total. The van der Waals surface area contributed by atoms with Gasteiger partial charge in [-0.25, -0.2) is 9.97 Å². The number of aromatic nitrogens is 3. The number of rotatable bonds is 6. The molecule has 0 aliphatic rings. The SMILES string of the molecule is c1cc(CSc2nc3ccccc3o2)nc(CSc2nc3ccccc3o2)c1. The number of benzene rings is 2. The van der Waals surface area contributed by atoms with Crippen molar-refractivity contribution in [2.24, 2.45) is 0 Å². The van der Waals surface area contributed by atoms with Crippen LogP contribution in [0, 0.1) is 0 Å². The van der Waals surface area contributed by atoms with Crippen LogP contribution in [0.4, 0.5) is 0 Å². The second kappa shape index (κ2) is 7.69. The number of hydrogen-bond donors (Lipinski definition) is 0. The largest absolute Gasteiger partial charge is 0.431 e. The predicted molar refractivity (Wildman–Crippen MR) is 111 cm³/mol. The van der Waals surface area contributed by atoms with Crippen molar-refractivity contribution in [1.29, 1.82) is 0 Å². The molecule has 7 heteroatoms. The van der Waals surface area contributed by atoms with Gasteiger partial charge in [-0.15, -0.1) is 0 Å². The molecule has 0 radical (unpaired) electrons. The van der Waals surface area contributed by atoms with Gasteiger partial charge in [0.15, 0.2) is 11.2 Å².